The number of rotatable bonds is 6. The van der Waals surface area contributed by atoms with Crippen LogP contribution in [0.4, 0.5) is 11.4 Å². The van der Waals surface area contributed by atoms with Crippen LogP contribution in [-0.4, -0.2) is 42.8 Å². The Balaban J connectivity index is 1.23. The van der Waals surface area contributed by atoms with Crippen molar-refractivity contribution in [2.45, 2.75) is 12.8 Å². The molecule has 36 heavy (non-hydrogen) atoms. The molecule has 7 heteroatoms. The molecule has 1 saturated heterocycles. The van der Waals surface area contributed by atoms with Gasteiger partial charge >= 0.3 is 0 Å². The van der Waals surface area contributed by atoms with Crippen molar-refractivity contribution < 1.29 is 9.47 Å². The maximum atomic E-state index is 12.5. The van der Waals surface area contributed by atoms with Crippen LogP contribution in [0.25, 0.3) is 11.3 Å². The molecule has 2 aromatic carbocycles. The summed E-state index contributed by atoms with van der Waals surface area (Å²) in [6, 6.07) is 20.1. The van der Waals surface area contributed by atoms with Crippen molar-refractivity contribution >= 4 is 11.4 Å². The molecule has 0 unspecified atom stereocenters. The standard InChI is InChI=1S/C29H28N4O3/c34-28-18-24(33-11-13-35-14-12-33)17-26(32-28)25-5-1-4-21-15-22-16-23(6-7-27(22)36-29(21)25)31-10-8-20-3-2-9-30-19-20/h1-7,9,16-19,31H,8,10-15H2,(H,32,34). The van der Waals surface area contributed by atoms with Gasteiger partial charge in [-0.1, -0.05) is 18.2 Å². The van der Waals surface area contributed by atoms with Gasteiger partial charge < -0.3 is 24.7 Å². The highest BCUT2D eigenvalue weighted by Crippen LogP contribution is 2.43. The van der Waals surface area contributed by atoms with Crippen molar-refractivity contribution in [1.82, 2.24) is 9.97 Å². The number of morpholine rings is 1. The molecular weight excluding hydrogens is 452 g/mol. The minimum absolute atomic E-state index is 0.121. The fourth-order valence-electron chi connectivity index (χ4n) is 4.87. The van der Waals surface area contributed by atoms with Gasteiger partial charge in [-0.05, 0) is 53.9 Å². The van der Waals surface area contributed by atoms with E-state index in [2.05, 4.69) is 44.5 Å². The average molecular weight is 481 g/mol. The van der Waals surface area contributed by atoms with E-state index in [1.54, 1.807) is 12.3 Å². The summed E-state index contributed by atoms with van der Waals surface area (Å²) >= 11 is 0. The van der Waals surface area contributed by atoms with Gasteiger partial charge in [0.15, 0.2) is 0 Å². The number of para-hydroxylation sites is 1. The smallest absolute Gasteiger partial charge is 0.250 e. The molecule has 2 aromatic heterocycles. The zero-order valence-corrected chi connectivity index (χ0v) is 20.0. The summed E-state index contributed by atoms with van der Waals surface area (Å²) in [5.41, 5.74) is 6.97. The van der Waals surface area contributed by atoms with Crippen LogP contribution >= 0.6 is 0 Å². The van der Waals surface area contributed by atoms with Crippen molar-refractivity contribution in [3.05, 3.63) is 100 Å². The summed E-state index contributed by atoms with van der Waals surface area (Å²) in [6.45, 7) is 3.72. The minimum Gasteiger partial charge on any atom is -0.456 e. The predicted octanol–water partition coefficient (Wildman–Crippen LogP) is 4.62. The molecule has 0 aliphatic carbocycles. The fraction of sp³-hybridized carbons (Fsp3) is 0.241. The van der Waals surface area contributed by atoms with Crippen molar-refractivity contribution in [3.63, 3.8) is 0 Å². The van der Waals surface area contributed by atoms with Crippen LogP contribution in [0.1, 0.15) is 16.7 Å². The van der Waals surface area contributed by atoms with E-state index in [1.807, 2.05) is 36.5 Å². The number of nitrogens with zero attached hydrogens (tertiary/aromatic N) is 2. The zero-order valence-electron chi connectivity index (χ0n) is 20.0. The zero-order chi connectivity index (χ0) is 24.3. The van der Waals surface area contributed by atoms with E-state index in [1.165, 1.54) is 5.56 Å². The molecule has 0 amide bonds. The van der Waals surface area contributed by atoms with Crippen molar-refractivity contribution in [2.75, 3.05) is 43.1 Å². The van der Waals surface area contributed by atoms with E-state index in [-0.39, 0.29) is 5.56 Å². The molecule has 0 bridgehead atoms. The van der Waals surface area contributed by atoms with Crippen LogP contribution in [0.5, 0.6) is 11.5 Å². The molecule has 2 aliphatic rings. The van der Waals surface area contributed by atoms with Gasteiger partial charge in [0.05, 0.1) is 18.9 Å². The molecule has 6 rings (SSSR count). The topological polar surface area (TPSA) is 79.5 Å². The SMILES string of the molecule is O=c1cc(N2CCOCC2)cc(-c2cccc3c2Oc2ccc(NCCc4cccnc4)cc2C3)[nH]1. The first-order valence-electron chi connectivity index (χ1n) is 12.4. The van der Waals surface area contributed by atoms with E-state index in [4.69, 9.17) is 9.47 Å². The van der Waals surface area contributed by atoms with Gasteiger partial charge in [0.25, 0.3) is 0 Å². The number of hydrogen-bond donors (Lipinski definition) is 2. The van der Waals surface area contributed by atoms with Gasteiger partial charge in [0.2, 0.25) is 5.56 Å². The number of fused-ring (bicyclic) bond motifs is 2. The first kappa shape index (κ1) is 22.4. The largest absolute Gasteiger partial charge is 0.456 e. The van der Waals surface area contributed by atoms with Crippen LogP contribution in [0, 0.1) is 0 Å². The molecule has 0 radical (unpaired) electrons. The number of H-pyrrole nitrogens is 1. The number of aromatic amines is 1. The molecule has 182 valence electrons. The monoisotopic (exact) mass is 480 g/mol. The van der Waals surface area contributed by atoms with E-state index in [0.717, 1.165) is 77.7 Å². The number of pyridine rings is 2. The summed E-state index contributed by atoms with van der Waals surface area (Å²) in [5.74, 6) is 1.65. The van der Waals surface area contributed by atoms with Gasteiger partial charge in [0.1, 0.15) is 11.5 Å². The maximum absolute atomic E-state index is 12.5. The Labute approximate surface area is 209 Å². The molecule has 0 atom stereocenters. The Morgan fingerprint density at radius 3 is 2.78 bits per heavy atom. The van der Waals surface area contributed by atoms with E-state index < -0.39 is 0 Å². The van der Waals surface area contributed by atoms with Gasteiger partial charge in [-0.2, -0.15) is 0 Å². The van der Waals surface area contributed by atoms with Crippen LogP contribution < -0.4 is 20.5 Å². The lowest BCUT2D eigenvalue weighted by Crippen LogP contribution is -2.36. The van der Waals surface area contributed by atoms with E-state index in [0.29, 0.717) is 13.2 Å². The van der Waals surface area contributed by atoms with Crippen molar-refractivity contribution in [1.29, 1.82) is 0 Å². The Kier molecular flexibility index (Phi) is 6.13. The number of nitrogens with one attached hydrogen (secondary N) is 2. The number of benzene rings is 2. The highest BCUT2D eigenvalue weighted by atomic mass is 16.5. The van der Waals surface area contributed by atoms with Crippen molar-refractivity contribution in [3.8, 4) is 22.8 Å². The highest BCUT2D eigenvalue weighted by molar-refractivity contribution is 5.74. The van der Waals surface area contributed by atoms with Gasteiger partial charge in [0, 0.05) is 67.0 Å². The lowest BCUT2D eigenvalue weighted by atomic mass is 9.96. The third-order valence-corrected chi connectivity index (χ3v) is 6.71. The van der Waals surface area contributed by atoms with Gasteiger partial charge in [-0.25, -0.2) is 0 Å². The molecule has 2 N–H and O–H groups in total. The second-order valence-electron chi connectivity index (χ2n) is 9.15. The average Bonchev–Trinajstić information content (AvgIpc) is 2.92. The molecule has 1 fully saturated rings. The first-order chi connectivity index (χ1) is 17.7. The van der Waals surface area contributed by atoms with Gasteiger partial charge in [-0.3, -0.25) is 9.78 Å². The van der Waals surface area contributed by atoms with E-state index >= 15 is 0 Å². The maximum Gasteiger partial charge on any atom is 0.250 e. The molecule has 0 saturated carbocycles. The normalized spacial score (nSPS) is 14.5. The quantitative estimate of drug-likeness (QED) is 0.369. The minimum atomic E-state index is -0.121. The van der Waals surface area contributed by atoms with Crippen molar-refractivity contribution in [2.24, 2.45) is 0 Å². The lowest BCUT2D eigenvalue weighted by molar-refractivity contribution is 0.122. The Hall–Kier alpha value is -4.10. The second kappa shape index (κ2) is 9.87. The number of aromatic nitrogens is 2. The summed E-state index contributed by atoms with van der Waals surface area (Å²) < 4.78 is 11.9. The van der Waals surface area contributed by atoms with Crippen LogP contribution in [0.2, 0.25) is 0 Å². The number of hydrogen-bond acceptors (Lipinski definition) is 6. The number of anilines is 2. The molecule has 2 aliphatic heterocycles. The third kappa shape index (κ3) is 4.70. The summed E-state index contributed by atoms with van der Waals surface area (Å²) in [4.78, 5) is 21.9. The number of ether oxygens (including phenoxy) is 2. The Morgan fingerprint density at radius 2 is 1.92 bits per heavy atom. The summed E-state index contributed by atoms with van der Waals surface area (Å²) in [6.07, 6.45) is 5.38. The predicted molar refractivity (Wildman–Crippen MR) is 141 cm³/mol. The Bertz CT molecular complexity index is 1430. The Morgan fingerprint density at radius 1 is 1.00 bits per heavy atom. The third-order valence-electron chi connectivity index (χ3n) is 6.71. The highest BCUT2D eigenvalue weighted by Gasteiger charge is 2.22. The summed E-state index contributed by atoms with van der Waals surface area (Å²) in [7, 11) is 0. The van der Waals surface area contributed by atoms with Crippen LogP contribution in [-0.2, 0) is 17.6 Å². The molecule has 4 aromatic rings. The fourth-order valence-corrected chi connectivity index (χ4v) is 4.87. The molecule has 0 spiro atoms. The lowest BCUT2D eigenvalue weighted by Gasteiger charge is -2.29. The van der Waals surface area contributed by atoms with Crippen LogP contribution in [0.3, 0.4) is 0 Å². The van der Waals surface area contributed by atoms with E-state index in [9.17, 15) is 4.79 Å². The second-order valence-corrected chi connectivity index (χ2v) is 9.15. The van der Waals surface area contributed by atoms with Crippen LogP contribution in [0.15, 0.2) is 77.9 Å². The molecular formula is C29H28N4O3. The molecule has 7 nitrogen and oxygen atoms in total. The van der Waals surface area contributed by atoms with Gasteiger partial charge in [-0.15, -0.1) is 0 Å². The first-order valence-corrected chi connectivity index (χ1v) is 12.4. The summed E-state index contributed by atoms with van der Waals surface area (Å²) in [5, 5.41) is 3.51. The molecule has 4 heterocycles.